The number of ether oxygens (including phenoxy) is 1. The lowest BCUT2D eigenvalue weighted by molar-refractivity contribution is -0.119. The van der Waals surface area contributed by atoms with Crippen LogP contribution in [0.3, 0.4) is 0 Å². The van der Waals surface area contributed by atoms with Crippen LogP contribution in [0, 0.1) is 5.82 Å². The number of thiophene rings is 1. The number of esters is 1. The van der Waals surface area contributed by atoms with Gasteiger partial charge in [0.1, 0.15) is 5.82 Å². The third kappa shape index (κ3) is 5.03. The molecule has 1 atom stereocenters. The molecule has 2 aromatic heterocycles. The first-order valence-electron chi connectivity index (χ1n) is 10.8. The standard InChI is InChI=1S/C24H24FN3O4S/c1-14(23(30)21-12-11-18(33-21)13-26-15(2)29)32-24(31)22-19-5-3-4-6-20(19)28(27-22)17-9-7-16(25)8-10-17/h7-12,14H,3-6,13H2,1-2H3,(H,26,29). The van der Waals surface area contributed by atoms with Crippen LogP contribution in [0.25, 0.3) is 5.69 Å². The van der Waals surface area contributed by atoms with Crippen LogP contribution in [0.15, 0.2) is 36.4 Å². The average Bonchev–Trinajstić information content (AvgIpc) is 3.43. The zero-order chi connectivity index (χ0) is 23.5. The second-order valence-corrected chi connectivity index (χ2v) is 9.12. The molecule has 9 heteroatoms. The van der Waals surface area contributed by atoms with Crippen LogP contribution in [0.4, 0.5) is 4.39 Å². The van der Waals surface area contributed by atoms with Crippen molar-refractivity contribution >= 4 is 29.0 Å². The molecule has 4 rings (SSSR count). The van der Waals surface area contributed by atoms with Crippen LogP contribution in [-0.2, 0) is 28.9 Å². The molecule has 0 aliphatic heterocycles. The number of carbonyl (C=O) groups is 3. The minimum absolute atomic E-state index is 0.151. The lowest BCUT2D eigenvalue weighted by atomic mass is 9.95. The number of carbonyl (C=O) groups excluding carboxylic acids is 3. The number of hydrogen-bond acceptors (Lipinski definition) is 6. The average molecular weight is 470 g/mol. The minimum Gasteiger partial charge on any atom is -0.449 e. The van der Waals surface area contributed by atoms with E-state index in [1.165, 1.54) is 37.3 Å². The van der Waals surface area contributed by atoms with Crippen LogP contribution in [0.5, 0.6) is 0 Å². The van der Waals surface area contributed by atoms with E-state index >= 15 is 0 Å². The summed E-state index contributed by atoms with van der Waals surface area (Å²) in [7, 11) is 0. The van der Waals surface area contributed by atoms with Crippen molar-refractivity contribution in [2.45, 2.75) is 52.2 Å². The maximum Gasteiger partial charge on any atom is 0.359 e. The van der Waals surface area contributed by atoms with Crippen LogP contribution < -0.4 is 5.32 Å². The number of rotatable bonds is 7. The van der Waals surface area contributed by atoms with Gasteiger partial charge < -0.3 is 10.1 Å². The monoisotopic (exact) mass is 469 g/mol. The molecule has 0 saturated carbocycles. The normalized spacial score (nSPS) is 13.8. The van der Waals surface area contributed by atoms with E-state index in [9.17, 15) is 18.8 Å². The van der Waals surface area contributed by atoms with Gasteiger partial charge in [0.05, 0.1) is 17.1 Å². The van der Waals surface area contributed by atoms with Gasteiger partial charge in [0.25, 0.3) is 0 Å². The largest absolute Gasteiger partial charge is 0.449 e. The molecule has 0 bridgehead atoms. The Morgan fingerprint density at radius 2 is 1.88 bits per heavy atom. The maximum atomic E-state index is 13.4. The summed E-state index contributed by atoms with van der Waals surface area (Å²) < 4.78 is 20.5. The summed E-state index contributed by atoms with van der Waals surface area (Å²) in [5, 5.41) is 7.18. The molecule has 172 valence electrons. The molecule has 33 heavy (non-hydrogen) atoms. The van der Waals surface area contributed by atoms with Gasteiger partial charge in [-0.1, -0.05) is 0 Å². The van der Waals surface area contributed by atoms with E-state index in [2.05, 4.69) is 10.4 Å². The molecule has 0 spiro atoms. The zero-order valence-electron chi connectivity index (χ0n) is 18.4. The molecule has 1 aromatic carbocycles. The Kier molecular flexibility index (Phi) is 6.69. The molecule has 0 fully saturated rings. The van der Waals surface area contributed by atoms with E-state index in [-0.39, 0.29) is 23.2 Å². The van der Waals surface area contributed by atoms with E-state index < -0.39 is 12.1 Å². The van der Waals surface area contributed by atoms with Crippen LogP contribution in [0.1, 0.15) is 63.0 Å². The third-order valence-corrected chi connectivity index (χ3v) is 6.61. The number of ketones is 1. The van der Waals surface area contributed by atoms with Crippen molar-refractivity contribution in [3.8, 4) is 5.69 Å². The maximum absolute atomic E-state index is 13.4. The topological polar surface area (TPSA) is 90.3 Å². The zero-order valence-corrected chi connectivity index (χ0v) is 19.2. The smallest absolute Gasteiger partial charge is 0.359 e. The van der Waals surface area contributed by atoms with E-state index in [4.69, 9.17) is 4.74 Å². The van der Waals surface area contributed by atoms with Crippen molar-refractivity contribution in [2.24, 2.45) is 0 Å². The number of nitrogens with zero attached hydrogens (tertiary/aromatic N) is 2. The highest BCUT2D eigenvalue weighted by Crippen LogP contribution is 2.28. The van der Waals surface area contributed by atoms with Crippen LogP contribution in [0.2, 0.25) is 0 Å². The predicted octanol–water partition coefficient (Wildman–Crippen LogP) is 4.02. The van der Waals surface area contributed by atoms with Crippen molar-refractivity contribution in [1.82, 2.24) is 15.1 Å². The molecular weight excluding hydrogens is 445 g/mol. The highest BCUT2D eigenvalue weighted by Gasteiger charge is 2.29. The number of benzene rings is 1. The number of hydrogen-bond donors (Lipinski definition) is 1. The first-order valence-corrected chi connectivity index (χ1v) is 11.6. The Balaban J connectivity index is 1.51. The van der Waals surface area contributed by atoms with Gasteiger partial charge in [-0.15, -0.1) is 11.3 Å². The summed E-state index contributed by atoms with van der Waals surface area (Å²) in [6.45, 7) is 3.31. The highest BCUT2D eigenvalue weighted by molar-refractivity contribution is 7.14. The molecular formula is C24H24FN3O4S. The fourth-order valence-electron chi connectivity index (χ4n) is 3.85. The van der Waals surface area contributed by atoms with Gasteiger partial charge in [-0.05, 0) is 69.0 Å². The van der Waals surface area contributed by atoms with Gasteiger partial charge in [0, 0.05) is 23.1 Å². The van der Waals surface area contributed by atoms with Gasteiger partial charge in [0.15, 0.2) is 11.8 Å². The molecule has 0 radical (unpaired) electrons. The van der Waals surface area contributed by atoms with Gasteiger partial charge in [-0.2, -0.15) is 5.10 Å². The molecule has 1 amide bonds. The summed E-state index contributed by atoms with van der Waals surface area (Å²) >= 11 is 1.25. The van der Waals surface area contributed by atoms with Crippen molar-refractivity contribution in [2.75, 3.05) is 0 Å². The number of aromatic nitrogens is 2. The molecule has 1 aliphatic carbocycles. The van der Waals surface area contributed by atoms with Crippen molar-refractivity contribution in [3.63, 3.8) is 0 Å². The number of amides is 1. The Labute approximate surface area is 194 Å². The Morgan fingerprint density at radius 3 is 2.61 bits per heavy atom. The second kappa shape index (κ2) is 9.66. The third-order valence-electron chi connectivity index (χ3n) is 5.51. The Hall–Kier alpha value is -3.33. The number of halogens is 1. The van der Waals surface area contributed by atoms with Crippen molar-refractivity contribution in [1.29, 1.82) is 0 Å². The Bertz CT molecular complexity index is 1200. The predicted molar refractivity (Wildman–Crippen MR) is 121 cm³/mol. The molecule has 0 saturated heterocycles. The summed E-state index contributed by atoms with van der Waals surface area (Å²) in [6.07, 6.45) is 2.38. The lowest BCUT2D eigenvalue weighted by Crippen LogP contribution is -2.24. The molecule has 1 unspecified atom stereocenters. The van der Waals surface area contributed by atoms with E-state index in [1.807, 2.05) is 0 Å². The molecule has 1 aliphatic rings. The van der Waals surface area contributed by atoms with Gasteiger partial charge in [-0.25, -0.2) is 13.9 Å². The highest BCUT2D eigenvalue weighted by atomic mass is 32.1. The first kappa shape index (κ1) is 22.8. The molecule has 1 N–H and O–H groups in total. The van der Waals surface area contributed by atoms with Gasteiger partial charge >= 0.3 is 5.97 Å². The van der Waals surface area contributed by atoms with E-state index in [1.54, 1.807) is 28.9 Å². The molecule has 7 nitrogen and oxygen atoms in total. The van der Waals surface area contributed by atoms with Crippen LogP contribution >= 0.6 is 11.3 Å². The summed E-state index contributed by atoms with van der Waals surface area (Å²) in [5.41, 5.74) is 2.61. The lowest BCUT2D eigenvalue weighted by Gasteiger charge is -2.14. The van der Waals surface area contributed by atoms with Crippen molar-refractivity contribution < 1.29 is 23.5 Å². The molecule has 2 heterocycles. The van der Waals surface area contributed by atoms with E-state index in [0.717, 1.165) is 35.4 Å². The quantitative estimate of drug-likeness (QED) is 0.417. The number of fused-ring (bicyclic) bond motifs is 1. The van der Waals surface area contributed by atoms with Gasteiger partial charge in [0.2, 0.25) is 11.7 Å². The Morgan fingerprint density at radius 1 is 1.15 bits per heavy atom. The SMILES string of the molecule is CC(=O)NCc1ccc(C(=O)C(C)OC(=O)c2nn(-c3ccc(F)cc3)c3c2CCCC3)s1. The summed E-state index contributed by atoms with van der Waals surface area (Å²) in [6, 6.07) is 9.38. The first-order chi connectivity index (χ1) is 15.8. The van der Waals surface area contributed by atoms with Crippen molar-refractivity contribution in [3.05, 3.63) is 68.9 Å². The number of Topliss-reactive ketones (excluding diaryl/α,β-unsaturated/α-hetero) is 1. The van der Waals surface area contributed by atoms with Crippen LogP contribution in [-0.4, -0.2) is 33.5 Å². The van der Waals surface area contributed by atoms with E-state index in [0.29, 0.717) is 23.5 Å². The fourth-order valence-corrected chi connectivity index (χ4v) is 4.81. The van der Waals surface area contributed by atoms with Gasteiger partial charge in [-0.3, -0.25) is 9.59 Å². The molecule has 3 aromatic rings. The number of nitrogens with one attached hydrogen (secondary N) is 1. The summed E-state index contributed by atoms with van der Waals surface area (Å²) in [5.74, 6) is -1.46. The second-order valence-electron chi connectivity index (χ2n) is 7.96. The fraction of sp³-hybridized carbons (Fsp3) is 0.333. The summed E-state index contributed by atoms with van der Waals surface area (Å²) in [4.78, 5) is 38.1. The minimum atomic E-state index is -0.986.